The second kappa shape index (κ2) is 6.26. The van der Waals surface area contributed by atoms with Crippen LogP contribution in [0.4, 0.5) is 0 Å². The monoisotopic (exact) mass is 287 g/mol. The molecule has 1 aromatic carbocycles. The number of H-pyrrole nitrogens is 1. The van der Waals surface area contributed by atoms with Crippen LogP contribution in [0.25, 0.3) is 10.9 Å². The van der Waals surface area contributed by atoms with Gasteiger partial charge in [-0.3, -0.25) is 9.89 Å². The van der Waals surface area contributed by atoms with Crippen molar-refractivity contribution in [3.63, 3.8) is 0 Å². The van der Waals surface area contributed by atoms with Crippen LogP contribution in [-0.4, -0.2) is 34.4 Å². The standard InChI is InChI=1S/C16H21N3O2/c20-10-13-4-2-1-3-12(13)8-17-16(21)11-5-6-15-14(7-11)9-18-19-15/h5-7,9,12-13,20H,1-4,8,10H2,(H,17,21)(H,18,19). The Morgan fingerprint density at radius 2 is 2.14 bits per heavy atom. The molecule has 1 fully saturated rings. The number of nitrogens with one attached hydrogen (secondary N) is 2. The Balaban J connectivity index is 1.62. The summed E-state index contributed by atoms with van der Waals surface area (Å²) in [7, 11) is 0. The lowest BCUT2D eigenvalue weighted by Gasteiger charge is -2.30. The third kappa shape index (κ3) is 3.08. The Hall–Kier alpha value is -1.88. The van der Waals surface area contributed by atoms with Crippen LogP contribution >= 0.6 is 0 Å². The van der Waals surface area contributed by atoms with Crippen molar-refractivity contribution in [2.45, 2.75) is 25.7 Å². The molecule has 1 heterocycles. The maximum Gasteiger partial charge on any atom is 0.251 e. The molecule has 0 bridgehead atoms. The highest BCUT2D eigenvalue weighted by Gasteiger charge is 2.24. The first kappa shape index (κ1) is 14.1. The average Bonchev–Trinajstić information content (AvgIpc) is 3.00. The first-order chi connectivity index (χ1) is 10.3. The number of rotatable bonds is 4. The van der Waals surface area contributed by atoms with Crippen LogP contribution in [0.5, 0.6) is 0 Å². The van der Waals surface area contributed by atoms with E-state index in [2.05, 4.69) is 15.5 Å². The number of amides is 1. The molecule has 2 atom stereocenters. The van der Waals surface area contributed by atoms with E-state index in [0.29, 0.717) is 23.9 Å². The number of aromatic amines is 1. The fourth-order valence-electron chi connectivity index (χ4n) is 3.20. The van der Waals surface area contributed by atoms with Crippen molar-refractivity contribution in [1.29, 1.82) is 0 Å². The molecule has 2 aromatic rings. The second-order valence-electron chi connectivity index (χ2n) is 5.87. The molecule has 0 aliphatic heterocycles. The number of carbonyl (C=O) groups excluding carboxylic acids is 1. The molecule has 0 spiro atoms. The Labute approximate surface area is 123 Å². The molecule has 3 rings (SSSR count). The van der Waals surface area contributed by atoms with Crippen LogP contribution in [0.1, 0.15) is 36.0 Å². The van der Waals surface area contributed by atoms with Gasteiger partial charge in [0, 0.05) is 24.1 Å². The van der Waals surface area contributed by atoms with Gasteiger partial charge in [0.2, 0.25) is 0 Å². The summed E-state index contributed by atoms with van der Waals surface area (Å²) < 4.78 is 0. The highest BCUT2D eigenvalue weighted by molar-refractivity contribution is 5.97. The maximum absolute atomic E-state index is 12.2. The van der Waals surface area contributed by atoms with Gasteiger partial charge in [-0.1, -0.05) is 12.8 Å². The predicted molar refractivity (Wildman–Crippen MR) is 81.0 cm³/mol. The summed E-state index contributed by atoms with van der Waals surface area (Å²) in [5.41, 5.74) is 1.58. The minimum Gasteiger partial charge on any atom is -0.396 e. The fourth-order valence-corrected chi connectivity index (χ4v) is 3.20. The number of hydrogen-bond donors (Lipinski definition) is 3. The van der Waals surface area contributed by atoms with Gasteiger partial charge in [0.1, 0.15) is 0 Å². The Bertz CT molecular complexity index is 623. The molecule has 3 N–H and O–H groups in total. The Morgan fingerprint density at radius 3 is 2.95 bits per heavy atom. The van der Waals surface area contributed by atoms with Gasteiger partial charge in [0.15, 0.2) is 0 Å². The topological polar surface area (TPSA) is 78.0 Å². The van der Waals surface area contributed by atoms with E-state index in [-0.39, 0.29) is 12.5 Å². The molecule has 0 radical (unpaired) electrons. The molecule has 0 saturated heterocycles. The van der Waals surface area contributed by atoms with E-state index in [9.17, 15) is 9.90 Å². The van der Waals surface area contributed by atoms with Gasteiger partial charge in [-0.15, -0.1) is 0 Å². The van der Waals surface area contributed by atoms with Gasteiger partial charge < -0.3 is 10.4 Å². The van der Waals surface area contributed by atoms with Gasteiger partial charge in [0.25, 0.3) is 5.91 Å². The van der Waals surface area contributed by atoms with Crippen molar-refractivity contribution in [2.24, 2.45) is 11.8 Å². The molecule has 5 heteroatoms. The summed E-state index contributed by atoms with van der Waals surface area (Å²) in [5.74, 6) is 0.668. The number of aliphatic hydroxyl groups is 1. The lowest BCUT2D eigenvalue weighted by Crippen LogP contribution is -2.35. The summed E-state index contributed by atoms with van der Waals surface area (Å²) in [4.78, 5) is 12.2. The number of hydrogen-bond acceptors (Lipinski definition) is 3. The normalized spacial score (nSPS) is 22.3. The van der Waals surface area contributed by atoms with E-state index in [0.717, 1.165) is 23.7 Å². The van der Waals surface area contributed by atoms with Gasteiger partial charge in [-0.25, -0.2) is 0 Å². The molecule has 112 valence electrons. The number of fused-ring (bicyclic) bond motifs is 1. The van der Waals surface area contributed by atoms with E-state index >= 15 is 0 Å². The molecular weight excluding hydrogens is 266 g/mol. The fraction of sp³-hybridized carbons (Fsp3) is 0.500. The molecular formula is C16H21N3O2. The van der Waals surface area contributed by atoms with Crippen LogP contribution < -0.4 is 5.32 Å². The third-order valence-electron chi connectivity index (χ3n) is 4.53. The van der Waals surface area contributed by atoms with Crippen LogP contribution in [0, 0.1) is 11.8 Å². The molecule has 1 aliphatic carbocycles. The molecule has 5 nitrogen and oxygen atoms in total. The summed E-state index contributed by atoms with van der Waals surface area (Å²) in [6.45, 7) is 0.870. The smallest absolute Gasteiger partial charge is 0.251 e. The number of carbonyl (C=O) groups is 1. The number of aliphatic hydroxyl groups excluding tert-OH is 1. The highest BCUT2D eigenvalue weighted by Crippen LogP contribution is 2.29. The largest absolute Gasteiger partial charge is 0.396 e. The van der Waals surface area contributed by atoms with Crippen molar-refractivity contribution >= 4 is 16.8 Å². The minimum absolute atomic E-state index is 0.0552. The summed E-state index contributed by atoms with van der Waals surface area (Å²) >= 11 is 0. The van der Waals surface area contributed by atoms with Crippen molar-refractivity contribution in [1.82, 2.24) is 15.5 Å². The SMILES string of the molecule is O=C(NCC1CCCCC1CO)c1ccc2[nH]ncc2c1. The molecule has 21 heavy (non-hydrogen) atoms. The molecule has 2 unspecified atom stereocenters. The van der Waals surface area contributed by atoms with Gasteiger partial charge in [-0.05, 0) is 42.9 Å². The van der Waals surface area contributed by atoms with Gasteiger partial charge in [-0.2, -0.15) is 5.10 Å². The second-order valence-corrected chi connectivity index (χ2v) is 5.87. The zero-order valence-electron chi connectivity index (χ0n) is 12.0. The zero-order chi connectivity index (χ0) is 14.7. The average molecular weight is 287 g/mol. The van der Waals surface area contributed by atoms with Crippen LogP contribution in [0.3, 0.4) is 0 Å². The van der Waals surface area contributed by atoms with E-state index in [1.807, 2.05) is 12.1 Å². The third-order valence-corrected chi connectivity index (χ3v) is 4.53. The summed E-state index contributed by atoms with van der Waals surface area (Å²) in [6.07, 6.45) is 6.25. The zero-order valence-corrected chi connectivity index (χ0v) is 12.0. The van der Waals surface area contributed by atoms with E-state index in [4.69, 9.17) is 0 Å². The Kier molecular flexibility index (Phi) is 4.20. The van der Waals surface area contributed by atoms with Crippen molar-refractivity contribution in [3.8, 4) is 0 Å². The van der Waals surface area contributed by atoms with Crippen molar-refractivity contribution in [2.75, 3.05) is 13.2 Å². The summed E-state index contributed by atoms with van der Waals surface area (Å²) in [6, 6.07) is 5.52. The van der Waals surface area contributed by atoms with E-state index in [1.165, 1.54) is 12.8 Å². The van der Waals surface area contributed by atoms with Gasteiger partial charge >= 0.3 is 0 Å². The van der Waals surface area contributed by atoms with E-state index < -0.39 is 0 Å². The predicted octanol–water partition coefficient (Wildman–Crippen LogP) is 2.09. The lowest BCUT2D eigenvalue weighted by atomic mass is 9.79. The molecule has 1 saturated carbocycles. The maximum atomic E-state index is 12.2. The van der Waals surface area contributed by atoms with Crippen molar-refractivity contribution in [3.05, 3.63) is 30.0 Å². The first-order valence-electron chi connectivity index (χ1n) is 7.60. The first-order valence-corrected chi connectivity index (χ1v) is 7.60. The highest BCUT2D eigenvalue weighted by atomic mass is 16.3. The number of aromatic nitrogens is 2. The minimum atomic E-state index is -0.0552. The quantitative estimate of drug-likeness (QED) is 0.805. The van der Waals surface area contributed by atoms with Crippen LogP contribution in [0.2, 0.25) is 0 Å². The van der Waals surface area contributed by atoms with Gasteiger partial charge in [0.05, 0.1) is 11.7 Å². The number of nitrogens with zero attached hydrogens (tertiary/aromatic N) is 1. The van der Waals surface area contributed by atoms with Crippen LogP contribution in [0.15, 0.2) is 24.4 Å². The lowest BCUT2D eigenvalue weighted by molar-refractivity contribution is 0.0909. The van der Waals surface area contributed by atoms with Crippen molar-refractivity contribution < 1.29 is 9.90 Å². The molecule has 1 aliphatic rings. The van der Waals surface area contributed by atoms with E-state index in [1.54, 1.807) is 12.3 Å². The van der Waals surface area contributed by atoms with Crippen LogP contribution in [-0.2, 0) is 0 Å². The molecule has 1 amide bonds. The molecule has 1 aromatic heterocycles. The summed E-state index contributed by atoms with van der Waals surface area (Å²) in [5, 5.41) is 20.2. The Morgan fingerprint density at radius 1 is 1.33 bits per heavy atom. The number of benzene rings is 1.